The Morgan fingerprint density at radius 2 is 1.62 bits per heavy atom. The summed E-state index contributed by atoms with van der Waals surface area (Å²) in [5, 5.41) is 5.58. The molecule has 0 radical (unpaired) electrons. The molecule has 0 spiro atoms. The summed E-state index contributed by atoms with van der Waals surface area (Å²) >= 11 is 0. The number of anilines is 2. The van der Waals surface area contributed by atoms with Crippen molar-refractivity contribution < 1.29 is 23.5 Å². The minimum absolute atomic E-state index is 0.138. The van der Waals surface area contributed by atoms with Gasteiger partial charge in [-0.15, -0.1) is 0 Å². The van der Waals surface area contributed by atoms with Crippen molar-refractivity contribution in [3.8, 4) is 11.5 Å². The highest BCUT2D eigenvalue weighted by Gasteiger charge is 2.18. The molecule has 0 saturated heterocycles. The van der Waals surface area contributed by atoms with Gasteiger partial charge in [0.2, 0.25) is 5.91 Å². The predicted molar refractivity (Wildman–Crippen MR) is 98.9 cm³/mol. The second-order valence-electron chi connectivity index (χ2n) is 5.79. The number of ether oxygens (including phenoxy) is 2. The maximum atomic E-state index is 12.3. The van der Waals surface area contributed by atoms with Crippen molar-refractivity contribution in [1.29, 1.82) is 0 Å². The van der Waals surface area contributed by atoms with Gasteiger partial charge >= 0.3 is 0 Å². The number of rotatable bonds is 8. The second kappa shape index (κ2) is 8.94. The first-order valence-corrected chi connectivity index (χ1v) is 8.55. The van der Waals surface area contributed by atoms with Gasteiger partial charge in [0.05, 0.1) is 30.9 Å². The van der Waals surface area contributed by atoms with E-state index < -0.39 is 5.91 Å². The maximum Gasteiger partial charge on any atom is 0.291 e. The van der Waals surface area contributed by atoms with Gasteiger partial charge in [-0.3, -0.25) is 9.59 Å². The Morgan fingerprint density at radius 1 is 1.04 bits per heavy atom. The number of carbonyl (C=O) groups excluding carboxylic acids is 2. The Labute approximate surface area is 152 Å². The fourth-order valence-corrected chi connectivity index (χ4v) is 2.17. The molecule has 7 nitrogen and oxygen atoms in total. The molecule has 0 atom stereocenters. The van der Waals surface area contributed by atoms with E-state index in [4.69, 9.17) is 13.9 Å². The first-order chi connectivity index (χ1) is 12.5. The van der Waals surface area contributed by atoms with Crippen LogP contribution in [0.25, 0.3) is 0 Å². The van der Waals surface area contributed by atoms with Gasteiger partial charge in [0.1, 0.15) is 11.5 Å². The summed E-state index contributed by atoms with van der Waals surface area (Å²) in [5.41, 5.74) is 0.921. The smallest absolute Gasteiger partial charge is 0.291 e. The molecule has 0 unspecified atom stereocenters. The molecule has 1 heterocycles. The number of carbonyl (C=O) groups is 2. The Balaban J connectivity index is 2.38. The van der Waals surface area contributed by atoms with Gasteiger partial charge in [-0.25, -0.2) is 0 Å². The summed E-state index contributed by atoms with van der Waals surface area (Å²) in [7, 11) is 0. The molecule has 0 aliphatic rings. The third-order valence-corrected chi connectivity index (χ3v) is 3.46. The van der Waals surface area contributed by atoms with E-state index >= 15 is 0 Å². The standard InChI is InChI=1S/C19H24N2O5/c1-5-24-16-11-14(21-19(23)15-8-7-9-26-15)17(25-6-2)10-13(16)20-18(22)12(3)4/h7-12H,5-6H2,1-4H3,(H,20,22)(H,21,23). The van der Waals surface area contributed by atoms with Crippen LogP contribution in [0.4, 0.5) is 11.4 Å². The topological polar surface area (TPSA) is 89.8 Å². The molecule has 2 amide bonds. The zero-order chi connectivity index (χ0) is 19.1. The maximum absolute atomic E-state index is 12.3. The van der Waals surface area contributed by atoms with Crippen LogP contribution in [0.5, 0.6) is 11.5 Å². The number of amides is 2. The first kappa shape index (κ1) is 19.4. The van der Waals surface area contributed by atoms with Crippen molar-refractivity contribution in [3.63, 3.8) is 0 Å². The second-order valence-corrected chi connectivity index (χ2v) is 5.79. The van der Waals surface area contributed by atoms with Crippen molar-refractivity contribution in [2.75, 3.05) is 23.8 Å². The molecule has 0 saturated carbocycles. The van der Waals surface area contributed by atoms with Gasteiger partial charge in [0, 0.05) is 18.1 Å². The Bertz CT molecular complexity index is 754. The molecule has 2 rings (SSSR count). The molecule has 140 valence electrons. The van der Waals surface area contributed by atoms with Crippen molar-refractivity contribution >= 4 is 23.2 Å². The lowest BCUT2D eigenvalue weighted by atomic mass is 10.2. The SMILES string of the molecule is CCOc1cc(NC(=O)C(C)C)c(OCC)cc1NC(=O)c1ccco1. The minimum atomic E-state index is -0.405. The van der Waals surface area contributed by atoms with E-state index in [0.29, 0.717) is 36.1 Å². The average molecular weight is 360 g/mol. The summed E-state index contributed by atoms with van der Waals surface area (Å²) in [5.74, 6) is 0.328. The molecule has 1 aromatic heterocycles. The van der Waals surface area contributed by atoms with Gasteiger partial charge in [0.15, 0.2) is 5.76 Å². The van der Waals surface area contributed by atoms with Crippen LogP contribution in [0.1, 0.15) is 38.2 Å². The van der Waals surface area contributed by atoms with E-state index in [1.165, 1.54) is 6.26 Å². The molecule has 1 aromatic carbocycles. The van der Waals surface area contributed by atoms with Gasteiger partial charge < -0.3 is 24.5 Å². The molecular weight excluding hydrogens is 336 g/mol. The summed E-state index contributed by atoms with van der Waals surface area (Å²) < 4.78 is 16.3. The number of nitrogens with one attached hydrogen (secondary N) is 2. The highest BCUT2D eigenvalue weighted by Crippen LogP contribution is 2.37. The third kappa shape index (κ3) is 4.78. The van der Waals surface area contributed by atoms with E-state index in [9.17, 15) is 9.59 Å². The molecule has 2 aromatic rings. The molecule has 0 bridgehead atoms. The molecule has 7 heteroatoms. The Morgan fingerprint density at radius 3 is 2.08 bits per heavy atom. The molecule has 0 aliphatic heterocycles. The van der Waals surface area contributed by atoms with Crippen molar-refractivity contribution in [3.05, 3.63) is 36.3 Å². The third-order valence-electron chi connectivity index (χ3n) is 3.46. The van der Waals surface area contributed by atoms with Gasteiger partial charge in [-0.05, 0) is 26.0 Å². The molecule has 0 fully saturated rings. The van der Waals surface area contributed by atoms with Gasteiger partial charge in [-0.2, -0.15) is 0 Å². The summed E-state index contributed by atoms with van der Waals surface area (Å²) in [6.07, 6.45) is 1.43. The highest BCUT2D eigenvalue weighted by atomic mass is 16.5. The van der Waals surface area contributed by atoms with Crippen molar-refractivity contribution in [1.82, 2.24) is 0 Å². The summed E-state index contributed by atoms with van der Waals surface area (Å²) in [6, 6.07) is 6.47. The minimum Gasteiger partial charge on any atom is -0.492 e. The van der Waals surface area contributed by atoms with Crippen LogP contribution in [-0.2, 0) is 4.79 Å². The summed E-state index contributed by atoms with van der Waals surface area (Å²) in [6.45, 7) is 8.08. The van der Waals surface area contributed by atoms with Crippen LogP contribution >= 0.6 is 0 Å². The van der Waals surface area contributed by atoms with Gasteiger partial charge in [-0.1, -0.05) is 13.8 Å². The fraction of sp³-hybridized carbons (Fsp3) is 0.368. The lowest BCUT2D eigenvalue weighted by Gasteiger charge is -2.18. The fourth-order valence-electron chi connectivity index (χ4n) is 2.17. The van der Waals surface area contributed by atoms with Crippen molar-refractivity contribution in [2.45, 2.75) is 27.7 Å². The molecule has 26 heavy (non-hydrogen) atoms. The monoisotopic (exact) mass is 360 g/mol. The van der Waals surface area contributed by atoms with Crippen LogP contribution in [-0.4, -0.2) is 25.0 Å². The lowest BCUT2D eigenvalue weighted by Crippen LogP contribution is -2.19. The van der Waals surface area contributed by atoms with Gasteiger partial charge in [0.25, 0.3) is 5.91 Å². The van der Waals surface area contributed by atoms with E-state index in [0.717, 1.165) is 0 Å². The zero-order valence-electron chi connectivity index (χ0n) is 15.4. The average Bonchev–Trinajstić information content (AvgIpc) is 3.13. The number of hydrogen-bond donors (Lipinski definition) is 2. The van der Waals surface area contributed by atoms with E-state index in [1.54, 1.807) is 38.1 Å². The zero-order valence-corrected chi connectivity index (χ0v) is 15.4. The van der Waals surface area contributed by atoms with Crippen LogP contribution < -0.4 is 20.1 Å². The molecule has 2 N–H and O–H groups in total. The Hall–Kier alpha value is -2.96. The summed E-state index contributed by atoms with van der Waals surface area (Å²) in [4.78, 5) is 24.3. The predicted octanol–water partition coefficient (Wildman–Crippen LogP) is 3.92. The number of furan rings is 1. The molecule has 0 aliphatic carbocycles. The van der Waals surface area contributed by atoms with E-state index in [1.807, 2.05) is 13.8 Å². The van der Waals surface area contributed by atoms with E-state index in [2.05, 4.69) is 10.6 Å². The quantitative estimate of drug-likeness (QED) is 0.744. The largest absolute Gasteiger partial charge is 0.492 e. The van der Waals surface area contributed by atoms with Crippen LogP contribution in [0.2, 0.25) is 0 Å². The lowest BCUT2D eigenvalue weighted by molar-refractivity contribution is -0.118. The first-order valence-electron chi connectivity index (χ1n) is 8.55. The van der Waals surface area contributed by atoms with Crippen LogP contribution in [0, 0.1) is 5.92 Å². The number of benzene rings is 1. The van der Waals surface area contributed by atoms with Crippen LogP contribution in [0.3, 0.4) is 0 Å². The van der Waals surface area contributed by atoms with Crippen molar-refractivity contribution in [2.24, 2.45) is 5.92 Å². The Kier molecular flexibility index (Phi) is 6.66. The molecular formula is C19H24N2O5. The normalized spacial score (nSPS) is 10.5. The number of hydrogen-bond acceptors (Lipinski definition) is 5. The van der Waals surface area contributed by atoms with E-state index in [-0.39, 0.29) is 17.6 Å². The highest BCUT2D eigenvalue weighted by molar-refractivity contribution is 6.04. The van der Waals surface area contributed by atoms with Crippen LogP contribution in [0.15, 0.2) is 34.9 Å².